The highest BCUT2D eigenvalue weighted by Crippen LogP contribution is 2.36. The van der Waals surface area contributed by atoms with Gasteiger partial charge in [-0.1, -0.05) is 25.0 Å². The summed E-state index contributed by atoms with van der Waals surface area (Å²) in [5.41, 5.74) is 0.864. The molecule has 0 saturated heterocycles. The Kier molecular flexibility index (Phi) is 3.52. The Balaban J connectivity index is 2.34. The molecule has 1 fully saturated rings. The highest BCUT2D eigenvalue weighted by atomic mass is 16.6. The molecule has 0 heterocycles. The third-order valence-corrected chi connectivity index (χ3v) is 3.68. The minimum absolute atomic E-state index is 0.0120. The second-order valence-electron chi connectivity index (χ2n) is 5.00. The Morgan fingerprint density at radius 1 is 1.44 bits per heavy atom. The first-order valence-electron chi connectivity index (χ1n) is 6.21. The van der Waals surface area contributed by atoms with Crippen LogP contribution in [-0.4, -0.2) is 22.2 Å². The number of para-hydroxylation sites is 1. The minimum Gasteiger partial charge on any atom is -0.394 e. The zero-order valence-electron chi connectivity index (χ0n) is 10.5. The van der Waals surface area contributed by atoms with Gasteiger partial charge in [0.15, 0.2) is 0 Å². The Morgan fingerprint density at radius 2 is 2.11 bits per heavy atom. The summed E-state index contributed by atoms with van der Waals surface area (Å²) in [6.45, 7) is 1.74. The number of nitro groups is 1. The maximum atomic E-state index is 11.1. The average molecular weight is 250 g/mol. The number of benzene rings is 1. The number of anilines is 1. The molecule has 0 bridgehead atoms. The number of nitrogens with one attached hydrogen (secondary N) is 1. The highest BCUT2D eigenvalue weighted by Gasteiger charge is 2.34. The van der Waals surface area contributed by atoms with E-state index in [1.165, 1.54) is 0 Å². The van der Waals surface area contributed by atoms with E-state index in [1.54, 1.807) is 25.1 Å². The largest absolute Gasteiger partial charge is 0.394 e. The monoisotopic (exact) mass is 250 g/mol. The predicted molar refractivity (Wildman–Crippen MR) is 69.7 cm³/mol. The van der Waals surface area contributed by atoms with Crippen LogP contribution >= 0.6 is 0 Å². The van der Waals surface area contributed by atoms with Gasteiger partial charge in [-0.15, -0.1) is 0 Å². The fraction of sp³-hybridized carbons (Fsp3) is 0.538. The SMILES string of the molecule is Cc1cccc(NC2(CO)CCCC2)c1[N+](=O)[O-]. The fourth-order valence-electron chi connectivity index (χ4n) is 2.66. The zero-order valence-corrected chi connectivity index (χ0v) is 10.5. The molecule has 0 amide bonds. The summed E-state index contributed by atoms with van der Waals surface area (Å²) < 4.78 is 0. The van der Waals surface area contributed by atoms with Gasteiger partial charge in [0.2, 0.25) is 0 Å². The van der Waals surface area contributed by atoms with E-state index in [0.29, 0.717) is 11.3 Å². The quantitative estimate of drug-likeness (QED) is 0.636. The van der Waals surface area contributed by atoms with Crippen molar-refractivity contribution in [1.82, 2.24) is 0 Å². The van der Waals surface area contributed by atoms with Crippen molar-refractivity contribution in [2.75, 3.05) is 11.9 Å². The van der Waals surface area contributed by atoms with Crippen LogP contribution in [0.15, 0.2) is 18.2 Å². The molecule has 1 aromatic rings. The van der Waals surface area contributed by atoms with E-state index in [-0.39, 0.29) is 17.2 Å². The first-order chi connectivity index (χ1) is 8.58. The van der Waals surface area contributed by atoms with Gasteiger partial charge in [0.25, 0.3) is 5.69 Å². The number of hydrogen-bond acceptors (Lipinski definition) is 4. The number of nitro benzene ring substituents is 1. The summed E-state index contributed by atoms with van der Waals surface area (Å²) in [6.07, 6.45) is 3.81. The zero-order chi connectivity index (χ0) is 13.2. The molecule has 98 valence electrons. The first-order valence-corrected chi connectivity index (χ1v) is 6.21. The van der Waals surface area contributed by atoms with Crippen LogP contribution in [0.25, 0.3) is 0 Å². The van der Waals surface area contributed by atoms with E-state index in [0.717, 1.165) is 25.7 Å². The average Bonchev–Trinajstić information content (AvgIpc) is 2.78. The Hall–Kier alpha value is -1.62. The van der Waals surface area contributed by atoms with Gasteiger partial charge in [-0.25, -0.2) is 0 Å². The summed E-state index contributed by atoms with van der Waals surface area (Å²) >= 11 is 0. The summed E-state index contributed by atoms with van der Waals surface area (Å²) in [4.78, 5) is 10.7. The van der Waals surface area contributed by atoms with Crippen molar-refractivity contribution in [3.8, 4) is 0 Å². The van der Waals surface area contributed by atoms with Gasteiger partial charge in [-0.2, -0.15) is 0 Å². The molecular formula is C13H18N2O3. The number of aliphatic hydroxyl groups is 1. The number of nitrogens with zero attached hydrogens (tertiary/aromatic N) is 1. The van der Waals surface area contributed by atoms with Crippen LogP contribution in [0, 0.1) is 17.0 Å². The van der Waals surface area contributed by atoms with Crippen molar-refractivity contribution < 1.29 is 10.0 Å². The molecule has 0 spiro atoms. The predicted octanol–water partition coefficient (Wildman–Crippen LogP) is 2.62. The summed E-state index contributed by atoms with van der Waals surface area (Å²) in [5, 5.41) is 23.9. The number of aryl methyl sites for hydroxylation is 1. The number of aliphatic hydroxyl groups excluding tert-OH is 1. The van der Waals surface area contributed by atoms with Crippen molar-refractivity contribution in [2.24, 2.45) is 0 Å². The van der Waals surface area contributed by atoms with Crippen molar-refractivity contribution in [3.05, 3.63) is 33.9 Å². The standard InChI is InChI=1S/C13H18N2O3/c1-10-5-4-6-11(12(10)15(17)18)14-13(9-16)7-2-3-8-13/h4-6,14,16H,2-3,7-9H2,1H3. The molecule has 5 heteroatoms. The molecule has 1 aliphatic carbocycles. The second-order valence-corrected chi connectivity index (χ2v) is 5.00. The minimum atomic E-state index is -0.390. The Morgan fingerprint density at radius 3 is 2.67 bits per heavy atom. The molecule has 2 rings (SSSR count). The molecule has 1 aromatic carbocycles. The highest BCUT2D eigenvalue weighted by molar-refractivity contribution is 5.66. The van der Waals surface area contributed by atoms with Gasteiger partial charge in [0.05, 0.1) is 17.1 Å². The molecule has 0 unspecified atom stereocenters. The van der Waals surface area contributed by atoms with Crippen LogP contribution in [0.5, 0.6) is 0 Å². The lowest BCUT2D eigenvalue weighted by Gasteiger charge is -2.29. The van der Waals surface area contributed by atoms with E-state index < -0.39 is 5.54 Å². The first kappa shape index (κ1) is 12.8. The molecule has 0 aliphatic heterocycles. The molecular weight excluding hydrogens is 232 g/mol. The van der Waals surface area contributed by atoms with Crippen LogP contribution in [0.2, 0.25) is 0 Å². The van der Waals surface area contributed by atoms with E-state index >= 15 is 0 Å². The van der Waals surface area contributed by atoms with Crippen LogP contribution in [-0.2, 0) is 0 Å². The van der Waals surface area contributed by atoms with Crippen molar-refractivity contribution in [1.29, 1.82) is 0 Å². The van der Waals surface area contributed by atoms with E-state index in [9.17, 15) is 15.2 Å². The van der Waals surface area contributed by atoms with Gasteiger partial charge >= 0.3 is 0 Å². The maximum Gasteiger partial charge on any atom is 0.295 e. The molecule has 0 radical (unpaired) electrons. The van der Waals surface area contributed by atoms with Crippen LogP contribution in [0.4, 0.5) is 11.4 Å². The third-order valence-electron chi connectivity index (χ3n) is 3.68. The van der Waals surface area contributed by atoms with Gasteiger partial charge in [0, 0.05) is 5.56 Å². The van der Waals surface area contributed by atoms with E-state index in [4.69, 9.17) is 0 Å². The maximum absolute atomic E-state index is 11.1. The van der Waals surface area contributed by atoms with Crippen molar-refractivity contribution >= 4 is 11.4 Å². The second kappa shape index (κ2) is 4.94. The summed E-state index contributed by atoms with van der Waals surface area (Å²) in [5.74, 6) is 0. The topological polar surface area (TPSA) is 75.4 Å². The summed E-state index contributed by atoms with van der Waals surface area (Å²) in [7, 11) is 0. The van der Waals surface area contributed by atoms with Gasteiger partial charge < -0.3 is 10.4 Å². The van der Waals surface area contributed by atoms with Gasteiger partial charge in [-0.05, 0) is 25.8 Å². The number of hydrogen-bond donors (Lipinski definition) is 2. The van der Waals surface area contributed by atoms with Crippen LogP contribution in [0.3, 0.4) is 0 Å². The number of rotatable bonds is 4. The molecule has 1 aliphatic rings. The molecule has 2 N–H and O–H groups in total. The molecule has 1 saturated carbocycles. The van der Waals surface area contributed by atoms with E-state index in [2.05, 4.69) is 5.32 Å². The lowest BCUT2D eigenvalue weighted by Crippen LogP contribution is -2.39. The van der Waals surface area contributed by atoms with Gasteiger partial charge in [-0.3, -0.25) is 10.1 Å². The lowest BCUT2D eigenvalue weighted by atomic mass is 9.98. The van der Waals surface area contributed by atoms with Crippen molar-refractivity contribution in [3.63, 3.8) is 0 Å². The van der Waals surface area contributed by atoms with Gasteiger partial charge in [0.1, 0.15) is 5.69 Å². The molecule has 18 heavy (non-hydrogen) atoms. The normalized spacial score (nSPS) is 17.7. The molecule has 0 atom stereocenters. The fourth-order valence-corrected chi connectivity index (χ4v) is 2.66. The van der Waals surface area contributed by atoms with E-state index in [1.807, 2.05) is 0 Å². The molecule has 0 aromatic heterocycles. The smallest absolute Gasteiger partial charge is 0.295 e. The summed E-state index contributed by atoms with van der Waals surface area (Å²) in [6, 6.07) is 5.23. The van der Waals surface area contributed by atoms with Crippen LogP contribution in [0.1, 0.15) is 31.2 Å². The third kappa shape index (κ3) is 2.31. The Labute approximate surface area is 106 Å². The molecule has 5 nitrogen and oxygen atoms in total. The lowest BCUT2D eigenvalue weighted by molar-refractivity contribution is -0.384. The Bertz CT molecular complexity index is 454. The van der Waals surface area contributed by atoms with Crippen molar-refractivity contribution in [2.45, 2.75) is 38.1 Å². The van der Waals surface area contributed by atoms with Crippen LogP contribution < -0.4 is 5.32 Å².